The lowest BCUT2D eigenvalue weighted by Crippen LogP contribution is -2.50. The summed E-state index contributed by atoms with van der Waals surface area (Å²) in [6, 6.07) is 15.8. The molecule has 2 heterocycles. The van der Waals surface area contributed by atoms with Crippen LogP contribution in [0.25, 0.3) is 11.4 Å². The summed E-state index contributed by atoms with van der Waals surface area (Å²) in [6.07, 6.45) is -4.39. The molecule has 0 bridgehead atoms. The van der Waals surface area contributed by atoms with Gasteiger partial charge in [0.15, 0.2) is 12.4 Å². The standard InChI is InChI=1S/C24H23F3N4O2/c1-17-15-21(29-23(28-17)18-7-9-19(10-8-18)24(25,26)27)30-11-13-31(14-12-30)22(32)16-33-20-5-3-2-4-6-20/h2-10,15H,11-14,16H2,1H3. The Hall–Kier alpha value is -3.62. The highest BCUT2D eigenvalue weighted by Crippen LogP contribution is 2.30. The second-order valence-corrected chi connectivity index (χ2v) is 7.74. The second kappa shape index (κ2) is 9.48. The van der Waals surface area contributed by atoms with Gasteiger partial charge in [-0.2, -0.15) is 13.2 Å². The fraction of sp³-hybridized carbons (Fsp3) is 0.292. The van der Waals surface area contributed by atoms with Crippen LogP contribution in [0.2, 0.25) is 0 Å². The molecule has 1 fully saturated rings. The van der Waals surface area contributed by atoms with Gasteiger partial charge in [0.05, 0.1) is 5.56 Å². The molecule has 6 nitrogen and oxygen atoms in total. The molecule has 1 aromatic heterocycles. The van der Waals surface area contributed by atoms with Crippen molar-refractivity contribution in [1.82, 2.24) is 14.9 Å². The molecular weight excluding hydrogens is 433 g/mol. The van der Waals surface area contributed by atoms with Crippen molar-refractivity contribution in [3.8, 4) is 17.1 Å². The number of nitrogens with zero attached hydrogens (tertiary/aromatic N) is 4. The van der Waals surface area contributed by atoms with E-state index in [0.717, 1.165) is 12.1 Å². The van der Waals surface area contributed by atoms with E-state index >= 15 is 0 Å². The van der Waals surface area contributed by atoms with Crippen LogP contribution in [0, 0.1) is 6.92 Å². The number of anilines is 1. The zero-order valence-electron chi connectivity index (χ0n) is 18.0. The van der Waals surface area contributed by atoms with Crippen molar-refractivity contribution in [3.63, 3.8) is 0 Å². The van der Waals surface area contributed by atoms with Gasteiger partial charge in [0.1, 0.15) is 11.6 Å². The van der Waals surface area contributed by atoms with Crippen molar-refractivity contribution in [1.29, 1.82) is 0 Å². The Balaban J connectivity index is 1.39. The molecule has 1 aliphatic heterocycles. The van der Waals surface area contributed by atoms with Crippen molar-refractivity contribution < 1.29 is 22.7 Å². The van der Waals surface area contributed by atoms with Gasteiger partial charge in [-0.25, -0.2) is 9.97 Å². The van der Waals surface area contributed by atoms with E-state index in [2.05, 4.69) is 9.97 Å². The van der Waals surface area contributed by atoms with E-state index in [0.29, 0.717) is 54.8 Å². The molecule has 2 aromatic carbocycles. The first-order valence-corrected chi connectivity index (χ1v) is 10.5. The molecule has 1 amide bonds. The van der Waals surface area contributed by atoms with Crippen LogP contribution < -0.4 is 9.64 Å². The maximum atomic E-state index is 12.8. The quantitative estimate of drug-likeness (QED) is 0.576. The lowest BCUT2D eigenvalue weighted by molar-refractivity contribution is -0.137. The number of piperazine rings is 1. The van der Waals surface area contributed by atoms with Crippen molar-refractivity contribution >= 4 is 11.7 Å². The van der Waals surface area contributed by atoms with E-state index in [9.17, 15) is 18.0 Å². The van der Waals surface area contributed by atoms with Crippen molar-refractivity contribution in [3.05, 3.63) is 71.9 Å². The van der Waals surface area contributed by atoms with E-state index < -0.39 is 11.7 Å². The molecule has 1 saturated heterocycles. The third-order valence-corrected chi connectivity index (χ3v) is 5.37. The Bertz CT molecular complexity index is 1100. The van der Waals surface area contributed by atoms with E-state index in [1.165, 1.54) is 12.1 Å². The number of amides is 1. The number of para-hydroxylation sites is 1. The fourth-order valence-corrected chi connectivity index (χ4v) is 3.59. The number of benzene rings is 2. The Kier molecular flexibility index (Phi) is 6.48. The Morgan fingerprint density at radius 3 is 2.27 bits per heavy atom. The predicted octanol–water partition coefficient (Wildman–Crippen LogP) is 4.20. The first kappa shape index (κ1) is 22.6. The highest BCUT2D eigenvalue weighted by Gasteiger charge is 2.30. The average Bonchev–Trinajstić information content (AvgIpc) is 2.82. The number of alkyl halides is 3. The molecule has 0 aliphatic carbocycles. The first-order chi connectivity index (χ1) is 15.8. The summed E-state index contributed by atoms with van der Waals surface area (Å²) in [7, 11) is 0. The number of rotatable bonds is 5. The van der Waals surface area contributed by atoms with Gasteiger partial charge in [-0.1, -0.05) is 30.3 Å². The SMILES string of the molecule is Cc1cc(N2CCN(C(=O)COc3ccccc3)CC2)nc(-c2ccc(C(F)(F)F)cc2)n1. The highest BCUT2D eigenvalue weighted by molar-refractivity contribution is 5.78. The molecule has 0 N–H and O–H groups in total. The zero-order chi connectivity index (χ0) is 23.4. The summed E-state index contributed by atoms with van der Waals surface area (Å²) in [6.45, 7) is 4.01. The Morgan fingerprint density at radius 1 is 0.970 bits per heavy atom. The molecule has 0 saturated carbocycles. The van der Waals surface area contributed by atoms with Crippen LogP contribution in [-0.4, -0.2) is 53.6 Å². The Labute approximate surface area is 189 Å². The van der Waals surface area contributed by atoms with E-state index in [1.807, 2.05) is 36.1 Å². The molecule has 4 rings (SSSR count). The molecule has 33 heavy (non-hydrogen) atoms. The number of carbonyl (C=O) groups is 1. The monoisotopic (exact) mass is 456 g/mol. The van der Waals surface area contributed by atoms with Crippen LogP contribution in [0.5, 0.6) is 5.75 Å². The lowest BCUT2D eigenvalue weighted by Gasteiger charge is -2.35. The minimum atomic E-state index is -4.39. The summed E-state index contributed by atoms with van der Waals surface area (Å²) in [5.41, 5.74) is 0.514. The maximum Gasteiger partial charge on any atom is 0.416 e. The summed E-state index contributed by atoms with van der Waals surface area (Å²) in [5, 5.41) is 0. The number of ether oxygens (including phenoxy) is 1. The molecule has 1 aliphatic rings. The van der Waals surface area contributed by atoms with Gasteiger partial charge in [0, 0.05) is 43.5 Å². The molecule has 0 spiro atoms. The fourth-order valence-electron chi connectivity index (χ4n) is 3.59. The van der Waals surface area contributed by atoms with Gasteiger partial charge in [0.25, 0.3) is 5.91 Å². The van der Waals surface area contributed by atoms with Crippen LogP contribution in [0.15, 0.2) is 60.7 Å². The second-order valence-electron chi connectivity index (χ2n) is 7.74. The van der Waals surface area contributed by atoms with Gasteiger partial charge < -0.3 is 14.5 Å². The number of hydrogen-bond donors (Lipinski definition) is 0. The van der Waals surface area contributed by atoms with Crippen molar-refractivity contribution in [2.75, 3.05) is 37.7 Å². The van der Waals surface area contributed by atoms with E-state index in [4.69, 9.17) is 4.74 Å². The van der Waals surface area contributed by atoms with Crippen LogP contribution in [0.4, 0.5) is 19.0 Å². The van der Waals surface area contributed by atoms with Gasteiger partial charge in [-0.3, -0.25) is 4.79 Å². The highest BCUT2D eigenvalue weighted by atomic mass is 19.4. The number of halogens is 3. The van der Waals surface area contributed by atoms with Crippen molar-refractivity contribution in [2.45, 2.75) is 13.1 Å². The number of hydrogen-bond acceptors (Lipinski definition) is 5. The van der Waals surface area contributed by atoms with Crippen LogP contribution in [0.3, 0.4) is 0 Å². The molecule has 172 valence electrons. The van der Waals surface area contributed by atoms with Crippen LogP contribution in [-0.2, 0) is 11.0 Å². The van der Waals surface area contributed by atoms with Gasteiger partial charge in [-0.05, 0) is 31.2 Å². The number of aromatic nitrogens is 2. The number of carbonyl (C=O) groups excluding carboxylic acids is 1. The summed E-state index contributed by atoms with van der Waals surface area (Å²) < 4.78 is 44.1. The summed E-state index contributed by atoms with van der Waals surface area (Å²) in [4.78, 5) is 25.2. The topological polar surface area (TPSA) is 58.6 Å². The van der Waals surface area contributed by atoms with Gasteiger partial charge in [0.2, 0.25) is 0 Å². The van der Waals surface area contributed by atoms with Gasteiger partial charge >= 0.3 is 6.18 Å². The maximum absolute atomic E-state index is 12.8. The molecule has 9 heteroatoms. The predicted molar refractivity (Wildman–Crippen MR) is 118 cm³/mol. The molecular formula is C24H23F3N4O2. The third-order valence-electron chi connectivity index (χ3n) is 5.37. The zero-order valence-corrected chi connectivity index (χ0v) is 18.0. The molecule has 0 atom stereocenters. The molecule has 3 aromatic rings. The lowest BCUT2D eigenvalue weighted by atomic mass is 10.1. The summed E-state index contributed by atoms with van der Waals surface area (Å²) >= 11 is 0. The molecule has 0 radical (unpaired) electrons. The average molecular weight is 456 g/mol. The molecule has 0 unspecified atom stereocenters. The Morgan fingerprint density at radius 2 is 1.64 bits per heavy atom. The van der Waals surface area contributed by atoms with E-state index in [-0.39, 0.29) is 12.5 Å². The van der Waals surface area contributed by atoms with Crippen molar-refractivity contribution in [2.24, 2.45) is 0 Å². The minimum absolute atomic E-state index is 0.0191. The van der Waals surface area contributed by atoms with Crippen LogP contribution in [0.1, 0.15) is 11.3 Å². The minimum Gasteiger partial charge on any atom is -0.484 e. The normalized spacial score (nSPS) is 14.3. The smallest absolute Gasteiger partial charge is 0.416 e. The number of aryl methyl sites for hydroxylation is 1. The van der Waals surface area contributed by atoms with Gasteiger partial charge in [-0.15, -0.1) is 0 Å². The van der Waals surface area contributed by atoms with E-state index in [1.54, 1.807) is 17.0 Å². The van der Waals surface area contributed by atoms with Crippen LogP contribution >= 0.6 is 0 Å². The summed E-state index contributed by atoms with van der Waals surface area (Å²) in [5.74, 6) is 1.62. The first-order valence-electron chi connectivity index (χ1n) is 10.5. The third kappa shape index (κ3) is 5.60. The largest absolute Gasteiger partial charge is 0.484 e.